The van der Waals surface area contributed by atoms with Crippen LogP contribution < -0.4 is 5.73 Å². The molecule has 2 rings (SSSR count). The van der Waals surface area contributed by atoms with Gasteiger partial charge in [-0.25, -0.2) is 4.98 Å². The Labute approximate surface area is 92.5 Å². The molecule has 0 amide bonds. The number of hydrogen-bond acceptors (Lipinski definition) is 4. The van der Waals surface area contributed by atoms with E-state index in [-0.39, 0.29) is 0 Å². The maximum Gasteiger partial charge on any atom is 0.123 e. The van der Waals surface area contributed by atoms with Crippen molar-refractivity contribution in [2.75, 3.05) is 5.73 Å². The topological polar surface area (TPSA) is 56.7 Å². The molecule has 0 aliphatic carbocycles. The van der Waals surface area contributed by atoms with Crippen molar-refractivity contribution in [2.45, 2.75) is 17.0 Å². The predicted octanol–water partition coefficient (Wildman–Crippen LogP) is 1.86. The first-order valence-corrected chi connectivity index (χ1v) is 5.38. The second kappa shape index (κ2) is 3.94. The number of hydrogen-bond donors (Lipinski definition) is 1. The highest BCUT2D eigenvalue weighted by Crippen LogP contribution is 2.31. The van der Waals surface area contributed by atoms with Gasteiger partial charge in [0.25, 0.3) is 0 Å². The van der Waals surface area contributed by atoms with Crippen LogP contribution in [-0.4, -0.2) is 14.8 Å². The molecule has 0 saturated carbocycles. The Kier molecular flexibility index (Phi) is 2.64. The van der Waals surface area contributed by atoms with Crippen LogP contribution in [-0.2, 0) is 7.05 Å². The van der Waals surface area contributed by atoms with E-state index in [2.05, 4.69) is 10.1 Å². The number of rotatable bonds is 2. The van der Waals surface area contributed by atoms with Gasteiger partial charge in [0.15, 0.2) is 0 Å². The lowest BCUT2D eigenvalue weighted by molar-refractivity contribution is 0.693. The quantitative estimate of drug-likeness (QED) is 0.839. The Bertz CT molecular complexity index is 464. The summed E-state index contributed by atoms with van der Waals surface area (Å²) >= 11 is 1.53. The van der Waals surface area contributed by atoms with E-state index < -0.39 is 0 Å². The molecule has 0 fully saturated rings. The maximum atomic E-state index is 5.92. The fourth-order valence-electron chi connectivity index (χ4n) is 1.28. The van der Waals surface area contributed by atoms with Crippen molar-refractivity contribution in [3.8, 4) is 0 Å². The Hall–Kier alpha value is -1.49. The molecule has 0 unspecified atom stereocenters. The van der Waals surface area contributed by atoms with Gasteiger partial charge in [-0.2, -0.15) is 5.10 Å². The molecule has 4 nitrogen and oxygen atoms in total. The van der Waals surface area contributed by atoms with Gasteiger partial charge in [-0.15, -0.1) is 0 Å². The smallest absolute Gasteiger partial charge is 0.123 e. The van der Waals surface area contributed by atoms with Crippen molar-refractivity contribution in [1.29, 1.82) is 0 Å². The molecular weight excluding hydrogens is 208 g/mol. The third-order valence-electron chi connectivity index (χ3n) is 2.05. The molecule has 2 aromatic rings. The van der Waals surface area contributed by atoms with Crippen molar-refractivity contribution in [2.24, 2.45) is 7.05 Å². The molecule has 2 aromatic heterocycles. The third kappa shape index (κ3) is 1.97. The molecule has 0 aliphatic heterocycles. The van der Waals surface area contributed by atoms with E-state index in [1.54, 1.807) is 10.9 Å². The fraction of sp³-hybridized carbons (Fsp3) is 0.200. The molecule has 0 aliphatic rings. The van der Waals surface area contributed by atoms with Crippen molar-refractivity contribution in [3.63, 3.8) is 0 Å². The fourth-order valence-corrected chi connectivity index (χ4v) is 2.17. The summed E-state index contributed by atoms with van der Waals surface area (Å²) in [6.45, 7) is 1.90. The van der Waals surface area contributed by atoms with Crippen LogP contribution in [0.15, 0.2) is 34.4 Å². The maximum absolute atomic E-state index is 5.92. The van der Waals surface area contributed by atoms with Crippen molar-refractivity contribution in [1.82, 2.24) is 14.8 Å². The van der Waals surface area contributed by atoms with Crippen LogP contribution in [0.5, 0.6) is 0 Å². The molecule has 0 aromatic carbocycles. The molecule has 0 spiro atoms. The van der Waals surface area contributed by atoms with Crippen LogP contribution in [0.4, 0.5) is 5.69 Å². The first-order valence-electron chi connectivity index (χ1n) is 4.56. The van der Waals surface area contributed by atoms with E-state index in [9.17, 15) is 0 Å². The molecule has 0 radical (unpaired) electrons. The Morgan fingerprint density at radius 3 is 2.73 bits per heavy atom. The van der Waals surface area contributed by atoms with Gasteiger partial charge in [-0.3, -0.25) is 4.68 Å². The van der Waals surface area contributed by atoms with Crippen molar-refractivity contribution < 1.29 is 0 Å². The van der Waals surface area contributed by atoms with Gasteiger partial charge in [0.2, 0.25) is 0 Å². The summed E-state index contributed by atoms with van der Waals surface area (Å²) < 4.78 is 1.78. The molecule has 2 N–H and O–H groups in total. The van der Waals surface area contributed by atoms with E-state index in [1.807, 2.05) is 32.2 Å². The Balaban J connectivity index is 2.32. The average molecular weight is 220 g/mol. The monoisotopic (exact) mass is 220 g/mol. The first kappa shape index (κ1) is 10.0. The molecule has 0 atom stereocenters. The zero-order valence-corrected chi connectivity index (χ0v) is 9.45. The van der Waals surface area contributed by atoms with Crippen LogP contribution in [0.25, 0.3) is 0 Å². The SMILES string of the molecule is Cc1nn(C)c(Sc2ccccn2)c1N. The van der Waals surface area contributed by atoms with Gasteiger partial charge in [-0.05, 0) is 30.8 Å². The highest BCUT2D eigenvalue weighted by Gasteiger charge is 2.11. The van der Waals surface area contributed by atoms with Gasteiger partial charge >= 0.3 is 0 Å². The second-order valence-corrected chi connectivity index (χ2v) is 4.21. The molecule has 15 heavy (non-hydrogen) atoms. The van der Waals surface area contributed by atoms with Gasteiger partial charge in [0.05, 0.1) is 11.4 Å². The number of aryl methyl sites for hydroxylation is 2. The van der Waals surface area contributed by atoms with Crippen LogP contribution in [0.2, 0.25) is 0 Å². The minimum Gasteiger partial charge on any atom is -0.395 e. The Morgan fingerprint density at radius 2 is 2.20 bits per heavy atom. The summed E-state index contributed by atoms with van der Waals surface area (Å²) in [6, 6.07) is 5.79. The summed E-state index contributed by atoms with van der Waals surface area (Å²) in [5, 5.41) is 6.11. The number of aromatic nitrogens is 3. The van der Waals surface area contributed by atoms with Crippen LogP contribution in [0, 0.1) is 6.92 Å². The number of anilines is 1. The van der Waals surface area contributed by atoms with Crippen LogP contribution >= 0.6 is 11.8 Å². The number of nitrogens with zero attached hydrogens (tertiary/aromatic N) is 3. The first-order chi connectivity index (χ1) is 7.18. The van der Waals surface area contributed by atoms with E-state index >= 15 is 0 Å². The summed E-state index contributed by atoms with van der Waals surface area (Å²) in [7, 11) is 1.88. The highest BCUT2D eigenvalue weighted by molar-refractivity contribution is 7.99. The minimum absolute atomic E-state index is 0.730. The molecule has 5 heteroatoms. The van der Waals surface area contributed by atoms with E-state index in [4.69, 9.17) is 5.73 Å². The van der Waals surface area contributed by atoms with Crippen LogP contribution in [0.3, 0.4) is 0 Å². The molecular formula is C10H12N4S. The lowest BCUT2D eigenvalue weighted by Crippen LogP contribution is -1.94. The van der Waals surface area contributed by atoms with Gasteiger partial charge in [0.1, 0.15) is 10.1 Å². The summed E-state index contributed by atoms with van der Waals surface area (Å²) in [5.41, 5.74) is 7.51. The van der Waals surface area contributed by atoms with Crippen molar-refractivity contribution >= 4 is 17.4 Å². The number of nitrogens with two attached hydrogens (primary N) is 1. The predicted molar refractivity (Wildman–Crippen MR) is 60.7 cm³/mol. The molecule has 78 valence electrons. The normalized spacial score (nSPS) is 10.5. The Morgan fingerprint density at radius 1 is 1.40 bits per heavy atom. The van der Waals surface area contributed by atoms with E-state index in [1.165, 1.54) is 11.8 Å². The average Bonchev–Trinajstić information content (AvgIpc) is 2.47. The minimum atomic E-state index is 0.730. The lowest BCUT2D eigenvalue weighted by atomic mass is 10.4. The summed E-state index contributed by atoms with van der Waals surface area (Å²) in [6.07, 6.45) is 1.77. The third-order valence-corrected chi connectivity index (χ3v) is 3.18. The van der Waals surface area contributed by atoms with Gasteiger partial charge < -0.3 is 5.73 Å². The highest BCUT2D eigenvalue weighted by atomic mass is 32.2. The molecule has 0 bridgehead atoms. The van der Waals surface area contributed by atoms with Gasteiger partial charge in [-0.1, -0.05) is 6.07 Å². The zero-order valence-electron chi connectivity index (χ0n) is 8.64. The largest absolute Gasteiger partial charge is 0.395 e. The summed E-state index contributed by atoms with van der Waals surface area (Å²) in [5.74, 6) is 0. The van der Waals surface area contributed by atoms with Crippen LogP contribution in [0.1, 0.15) is 5.69 Å². The zero-order chi connectivity index (χ0) is 10.8. The van der Waals surface area contributed by atoms with E-state index in [0.29, 0.717) is 0 Å². The van der Waals surface area contributed by atoms with E-state index in [0.717, 1.165) is 21.4 Å². The standard InChI is InChI=1S/C10H12N4S/c1-7-9(11)10(14(2)13-7)15-8-5-3-4-6-12-8/h3-6H,11H2,1-2H3. The molecule has 0 saturated heterocycles. The number of pyridine rings is 1. The lowest BCUT2D eigenvalue weighted by Gasteiger charge is -2.01. The van der Waals surface area contributed by atoms with Gasteiger partial charge in [0, 0.05) is 13.2 Å². The second-order valence-electron chi connectivity index (χ2n) is 3.20. The van der Waals surface area contributed by atoms with Crippen molar-refractivity contribution in [3.05, 3.63) is 30.1 Å². The molecule has 2 heterocycles. The number of nitrogen functional groups attached to an aromatic ring is 1. The summed E-state index contributed by atoms with van der Waals surface area (Å²) in [4.78, 5) is 4.23.